The van der Waals surface area contributed by atoms with E-state index in [0.29, 0.717) is 26.4 Å². The van der Waals surface area contributed by atoms with Crippen molar-refractivity contribution in [1.82, 2.24) is 0 Å². The number of nitrogens with two attached hydrogens (primary N) is 1. The summed E-state index contributed by atoms with van der Waals surface area (Å²) in [7, 11) is 0. The lowest BCUT2D eigenvalue weighted by molar-refractivity contribution is 0.627. The monoisotopic (exact) mass is 358 g/mol. The van der Waals surface area contributed by atoms with Crippen LogP contribution in [0.25, 0.3) is 0 Å². The van der Waals surface area contributed by atoms with E-state index < -0.39 is 0 Å². The molecule has 19 heavy (non-hydrogen) atoms. The van der Waals surface area contributed by atoms with Crippen LogP contribution in [0.1, 0.15) is 5.56 Å². The highest BCUT2D eigenvalue weighted by atomic mass is 79.9. The van der Waals surface area contributed by atoms with Crippen molar-refractivity contribution in [3.05, 3.63) is 57.3 Å². The van der Waals surface area contributed by atoms with Gasteiger partial charge in [-0.2, -0.15) is 0 Å². The van der Waals surface area contributed by atoms with Gasteiger partial charge in [-0.25, -0.2) is 4.39 Å². The third-order valence-electron chi connectivity index (χ3n) is 2.45. The van der Waals surface area contributed by atoms with Gasteiger partial charge in [0.1, 0.15) is 10.8 Å². The fourth-order valence-electron chi connectivity index (χ4n) is 1.51. The van der Waals surface area contributed by atoms with Gasteiger partial charge in [-0.3, -0.25) is 0 Å². The Morgan fingerprint density at radius 3 is 2.47 bits per heavy atom. The first-order chi connectivity index (χ1) is 8.97. The van der Waals surface area contributed by atoms with Crippen LogP contribution in [-0.2, 0) is 0 Å². The Labute approximate surface area is 128 Å². The largest absolute Gasteiger partial charge is 0.389 e. The highest BCUT2D eigenvalue weighted by Gasteiger charge is 2.06. The Morgan fingerprint density at radius 2 is 1.89 bits per heavy atom. The van der Waals surface area contributed by atoms with Gasteiger partial charge in [0.25, 0.3) is 0 Å². The molecule has 0 saturated carbocycles. The maximum Gasteiger partial charge on any atom is 0.124 e. The quantitative estimate of drug-likeness (QED) is 0.785. The first-order valence-electron chi connectivity index (χ1n) is 5.29. The number of anilines is 2. The van der Waals surface area contributed by atoms with E-state index in [1.807, 2.05) is 0 Å². The van der Waals surface area contributed by atoms with Crippen LogP contribution in [-0.4, -0.2) is 4.99 Å². The lowest BCUT2D eigenvalue weighted by atomic mass is 10.2. The average molecular weight is 360 g/mol. The third-order valence-corrected chi connectivity index (χ3v) is 3.66. The highest BCUT2D eigenvalue weighted by molar-refractivity contribution is 9.10. The predicted octanol–water partition coefficient (Wildman–Crippen LogP) is 4.62. The van der Waals surface area contributed by atoms with E-state index >= 15 is 0 Å². The van der Waals surface area contributed by atoms with Crippen molar-refractivity contribution in [2.45, 2.75) is 0 Å². The maximum absolute atomic E-state index is 13.0. The first-order valence-corrected chi connectivity index (χ1v) is 6.87. The van der Waals surface area contributed by atoms with Crippen molar-refractivity contribution in [1.29, 1.82) is 0 Å². The van der Waals surface area contributed by atoms with Gasteiger partial charge < -0.3 is 11.1 Å². The Bertz CT molecular complexity index is 649. The molecule has 0 radical (unpaired) electrons. The third kappa shape index (κ3) is 3.43. The number of hydrogen-bond donors (Lipinski definition) is 2. The molecule has 2 aromatic carbocycles. The van der Waals surface area contributed by atoms with Gasteiger partial charge in [0, 0.05) is 10.0 Å². The molecule has 2 aromatic rings. The van der Waals surface area contributed by atoms with Gasteiger partial charge in [0.05, 0.1) is 16.4 Å². The average Bonchev–Trinajstić information content (AvgIpc) is 2.34. The van der Waals surface area contributed by atoms with E-state index in [1.54, 1.807) is 24.3 Å². The van der Waals surface area contributed by atoms with E-state index in [1.165, 1.54) is 12.1 Å². The molecule has 0 aliphatic rings. The SMILES string of the molecule is NC(=S)c1ccc(Nc2ccc(F)cc2Br)c(Cl)c1. The van der Waals surface area contributed by atoms with Crippen LogP contribution in [0.3, 0.4) is 0 Å². The summed E-state index contributed by atoms with van der Waals surface area (Å²) in [6.45, 7) is 0. The van der Waals surface area contributed by atoms with Gasteiger partial charge in [-0.1, -0.05) is 23.8 Å². The molecule has 0 spiro atoms. The minimum atomic E-state index is -0.313. The lowest BCUT2D eigenvalue weighted by Gasteiger charge is -2.11. The van der Waals surface area contributed by atoms with Crippen LogP contribution in [0, 0.1) is 5.82 Å². The van der Waals surface area contributed by atoms with Crippen LogP contribution in [0.2, 0.25) is 5.02 Å². The van der Waals surface area contributed by atoms with Crippen LogP contribution < -0.4 is 11.1 Å². The van der Waals surface area contributed by atoms with Crippen molar-refractivity contribution >= 4 is 56.1 Å². The Hall–Kier alpha value is -1.17. The summed E-state index contributed by atoms with van der Waals surface area (Å²) in [4.78, 5) is 0.288. The van der Waals surface area contributed by atoms with Crippen LogP contribution >= 0.6 is 39.7 Å². The molecule has 0 fully saturated rings. The number of benzene rings is 2. The summed E-state index contributed by atoms with van der Waals surface area (Å²) in [6, 6.07) is 9.59. The summed E-state index contributed by atoms with van der Waals surface area (Å²) in [5.74, 6) is -0.313. The van der Waals surface area contributed by atoms with Crippen LogP contribution in [0.15, 0.2) is 40.9 Å². The fraction of sp³-hybridized carbons (Fsp3) is 0. The van der Waals surface area contributed by atoms with Gasteiger partial charge in [0.2, 0.25) is 0 Å². The Kier molecular flexibility index (Phi) is 4.39. The summed E-state index contributed by atoms with van der Waals surface area (Å²) in [5, 5.41) is 3.59. The van der Waals surface area contributed by atoms with Gasteiger partial charge in [-0.15, -0.1) is 0 Å². The standard InChI is InChI=1S/C13H9BrClFN2S/c14-9-6-8(16)2-4-11(9)18-12-3-1-7(13(17)19)5-10(12)15/h1-6,18H,(H2,17,19). The molecule has 0 aliphatic carbocycles. The lowest BCUT2D eigenvalue weighted by Crippen LogP contribution is -2.09. The molecule has 0 aromatic heterocycles. The summed E-state index contributed by atoms with van der Waals surface area (Å²) < 4.78 is 13.6. The second-order valence-corrected chi connectivity index (χ2v) is 5.51. The van der Waals surface area contributed by atoms with E-state index in [2.05, 4.69) is 21.2 Å². The molecular weight excluding hydrogens is 351 g/mol. The predicted molar refractivity (Wildman–Crippen MR) is 84.7 cm³/mol. The van der Waals surface area contributed by atoms with Gasteiger partial charge in [-0.05, 0) is 52.3 Å². The van der Waals surface area contributed by atoms with Gasteiger partial charge >= 0.3 is 0 Å². The van der Waals surface area contributed by atoms with E-state index in [0.717, 1.165) is 0 Å². The summed E-state index contributed by atoms with van der Waals surface area (Å²) in [5.41, 5.74) is 7.63. The van der Waals surface area contributed by atoms with Crippen LogP contribution in [0.4, 0.5) is 15.8 Å². The minimum absolute atomic E-state index is 0.288. The number of halogens is 3. The smallest absolute Gasteiger partial charge is 0.124 e. The molecular formula is C13H9BrClFN2S. The van der Waals surface area contributed by atoms with Crippen molar-refractivity contribution in [2.24, 2.45) is 5.73 Å². The molecule has 2 nitrogen and oxygen atoms in total. The molecule has 0 aliphatic heterocycles. The zero-order valence-electron chi connectivity index (χ0n) is 9.58. The van der Waals surface area contributed by atoms with Crippen molar-refractivity contribution < 1.29 is 4.39 Å². The molecule has 6 heteroatoms. The highest BCUT2D eigenvalue weighted by Crippen LogP contribution is 2.30. The maximum atomic E-state index is 13.0. The van der Waals surface area contributed by atoms with Crippen molar-refractivity contribution in [2.75, 3.05) is 5.32 Å². The minimum Gasteiger partial charge on any atom is -0.389 e. The molecule has 98 valence electrons. The molecule has 0 heterocycles. The van der Waals surface area contributed by atoms with Crippen molar-refractivity contribution in [3.8, 4) is 0 Å². The zero-order chi connectivity index (χ0) is 14.0. The molecule has 0 bridgehead atoms. The molecule has 0 unspecified atom stereocenters. The Balaban J connectivity index is 2.31. The molecule has 0 atom stereocenters. The van der Waals surface area contributed by atoms with E-state index in [-0.39, 0.29) is 10.8 Å². The summed E-state index contributed by atoms with van der Waals surface area (Å²) in [6.07, 6.45) is 0. The second kappa shape index (κ2) is 5.86. The zero-order valence-corrected chi connectivity index (χ0v) is 12.7. The fourth-order valence-corrected chi connectivity index (χ4v) is 2.31. The van der Waals surface area contributed by atoms with Gasteiger partial charge in [0.15, 0.2) is 0 Å². The normalized spacial score (nSPS) is 10.3. The molecule has 3 N–H and O–H groups in total. The molecule has 2 rings (SSSR count). The first kappa shape index (κ1) is 14.2. The topological polar surface area (TPSA) is 38.0 Å². The number of nitrogens with one attached hydrogen (secondary N) is 1. The molecule has 0 saturated heterocycles. The number of hydrogen-bond acceptors (Lipinski definition) is 2. The summed E-state index contributed by atoms with van der Waals surface area (Å²) >= 11 is 14.3. The van der Waals surface area contributed by atoms with E-state index in [4.69, 9.17) is 29.6 Å². The number of rotatable bonds is 3. The van der Waals surface area contributed by atoms with Crippen molar-refractivity contribution in [3.63, 3.8) is 0 Å². The number of thiocarbonyl (C=S) groups is 1. The van der Waals surface area contributed by atoms with E-state index in [9.17, 15) is 4.39 Å². The van der Waals surface area contributed by atoms with Crippen LogP contribution in [0.5, 0.6) is 0 Å². The second-order valence-electron chi connectivity index (χ2n) is 3.81. The Morgan fingerprint density at radius 1 is 1.21 bits per heavy atom. The molecule has 0 amide bonds.